The number of fused-ring (bicyclic) bond motifs is 1. The molecule has 1 aromatic heterocycles. The van der Waals surface area contributed by atoms with E-state index in [4.69, 9.17) is 20.8 Å². The van der Waals surface area contributed by atoms with Crippen LogP contribution in [0.3, 0.4) is 0 Å². The SMILES string of the molecule is CCC(Cl)Oc1ccc2occc(=O)c2c1. The van der Waals surface area contributed by atoms with Crippen molar-refractivity contribution in [2.45, 2.75) is 18.9 Å². The summed E-state index contributed by atoms with van der Waals surface area (Å²) in [6, 6.07) is 6.46. The number of halogens is 1. The van der Waals surface area contributed by atoms with Gasteiger partial charge < -0.3 is 9.15 Å². The van der Waals surface area contributed by atoms with Gasteiger partial charge in [0.15, 0.2) is 11.0 Å². The number of rotatable bonds is 3. The maximum Gasteiger partial charge on any atom is 0.192 e. The van der Waals surface area contributed by atoms with Gasteiger partial charge >= 0.3 is 0 Å². The van der Waals surface area contributed by atoms with Crippen molar-refractivity contribution < 1.29 is 9.15 Å². The van der Waals surface area contributed by atoms with Gasteiger partial charge in [0, 0.05) is 6.07 Å². The Morgan fingerprint density at radius 2 is 2.25 bits per heavy atom. The third-order valence-electron chi connectivity index (χ3n) is 2.22. The monoisotopic (exact) mass is 238 g/mol. The summed E-state index contributed by atoms with van der Waals surface area (Å²) in [6.07, 6.45) is 2.07. The molecule has 1 atom stereocenters. The zero-order chi connectivity index (χ0) is 11.5. The first-order valence-electron chi connectivity index (χ1n) is 5.03. The Hall–Kier alpha value is -1.48. The van der Waals surface area contributed by atoms with Crippen LogP contribution >= 0.6 is 11.6 Å². The standard InChI is InChI=1S/C12H11ClO3/c1-2-12(13)16-8-3-4-11-9(7-8)10(14)5-6-15-11/h3-7,12H,2H2,1H3. The van der Waals surface area contributed by atoms with Gasteiger partial charge in [0.25, 0.3) is 0 Å². The smallest absolute Gasteiger partial charge is 0.192 e. The molecule has 0 N–H and O–H groups in total. The fourth-order valence-electron chi connectivity index (χ4n) is 1.37. The average molecular weight is 239 g/mol. The van der Waals surface area contributed by atoms with E-state index in [1.54, 1.807) is 18.2 Å². The van der Waals surface area contributed by atoms with E-state index in [0.717, 1.165) is 0 Å². The molecule has 0 amide bonds. The quantitative estimate of drug-likeness (QED) is 0.771. The lowest BCUT2D eigenvalue weighted by molar-refractivity contribution is 0.277. The minimum Gasteiger partial charge on any atom is -0.475 e. The first-order chi connectivity index (χ1) is 7.70. The van der Waals surface area contributed by atoms with Crippen LogP contribution in [0.2, 0.25) is 0 Å². The van der Waals surface area contributed by atoms with E-state index in [0.29, 0.717) is 23.1 Å². The largest absolute Gasteiger partial charge is 0.475 e. The van der Waals surface area contributed by atoms with Crippen LogP contribution in [0.15, 0.2) is 39.7 Å². The molecule has 0 aliphatic heterocycles. The van der Waals surface area contributed by atoms with Crippen molar-refractivity contribution in [1.82, 2.24) is 0 Å². The lowest BCUT2D eigenvalue weighted by atomic mass is 10.2. The van der Waals surface area contributed by atoms with E-state index < -0.39 is 0 Å². The number of ether oxygens (including phenoxy) is 1. The first-order valence-corrected chi connectivity index (χ1v) is 5.46. The zero-order valence-electron chi connectivity index (χ0n) is 8.77. The average Bonchev–Trinajstić information content (AvgIpc) is 2.30. The van der Waals surface area contributed by atoms with Crippen molar-refractivity contribution in [1.29, 1.82) is 0 Å². The summed E-state index contributed by atoms with van der Waals surface area (Å²) in [5, 5.41) is 0.500. The molecule has 84 valence electrons. The number of alkyl halides is 1. The summed E-state index contributed by atoms with van der Waals surface area (Å²) in [4.78, 5) is 11.5. The van der Waals surface area contributed by atoms with Crippen molar-refractivity contribution >= 4 is 22.6 Å². The van der Waals surface area contributed by atoms with Gasteiger partial charge in [-0.25, -0.2) is 0 Å². The van der Waals surface area contributed by atoms with E-state index in [9.17, 15) is 4.79 Å². The molecule has 0 saturated heterocycles. The molecule has 0 aliphatic carbocycles. The predicted octanol–water partition coefficient (Wildman–Crippen LogP) is 3.15. The van der Waals surface area contributed by atoms with Crippen LogP contribution in [0.1, 0.15) is 13.3 Å². The minimum absolute atomic E-state index is 0.0886. The molecule has 0 aliphatic rings. The number of hydrogen-bond donors (Lipinski definition) is 0. The second-order valence-corrected chi connectivity index (χ2v) is 3.87. The molecule has 4 heteroatoms. The number of hydrogen-bond acceptors (Lipinski definition) is 3. The lowest BCUT2D eigenvalue weighted by Crippen LogP contribution is -2.07. The molecular formula is C12H11ClO3. The summed E-state index contributed by atoms with van der Waals surface area (Å²) in [6.45, 7) is 1.92. The summed E-state index contributed by atoms with van der Waals surface area (Å²) >= 11 is 5.87. The van der Waals surface area contributed by atoms with Crippen LogP contribution in [-0.2, 0) is 0 Å². The molecule has 16 heavy (non-hydrogen) atoms. The van der Waals surface area contributed by atoms with Gasteiger partial charge in [-0.05, 0) is 24.6 Å². The van der Waals surface area contributed by atoms with Gasteiger partial charge in [0.05, 0.1) is 11.6 Å². The van der Waals surface area contributed by atoms with Crippen LogP contribution in [0.4, 0.5) is 0 Å². The molecular weight excluding hydrogens is 228 g/mol. The second kappa shape index (κ2) is 4.58. The molecule has 1 heterocycles. The Kier molecular flexibility index (Phi) is 3.15. The van der Waals surface area contributed by atoms with E-state index >= 15 is 0 Å². The van der Waals surface area contributed by atoms with E-state index in [2.05, 4.69) is 0 Å². The van der Waals surface area contributed by atoms with Crippen LogP contribution in [0.5, 0.6) is 5.75 Å². The van der Waals surface area contributed by atoms with Gasteiger partial charge in [-0.15, -0.1) is 0 Å². The summed E-state index contributed by atoms with van der Waals surface area (Å²) in [7, 11) is 0. The lowest BCUT2D eigenvalue weighted by Gasteiger charge is -2.10. The van der Waals surface area contributed by atoms with Gasteiger partial charge in [0.1, 0.15) is 11.3 Å². The maximum atomic E-state index is 11.5. The molecule has 0 saturated carbocycles. The molecule has 3 nitrogen and oxygen atoms in total. The van der Waals surface area contributed by atoms with Crippen LogP contribution in [-0.4, -0.2) is 5.56 Å². The summed E-state index contributed by atoms with van der Waals surface area (Å²) in [5.74, 6) is 0.577. The van der Waals surface area contributed by atoms with Crippen molar-refractivity contribution in [3.05, 3.63) is 40.8 Å². The Balaban J connectivity index is 2.43. The number of benzene rings is 1. The fraction of sp³-hybridized carbons (Fsp3) is 0.250. The minimum atomic E-state index is -0.381. The highest BCUT2D eigenvalue weighted by Crippen LogP contribution is 2.20. The van der Waals surface area contributed by atoms with Crippen molar-refractivity contribution in [3.63, 3.8) is 0 Å². The highest BCUT2D eigenvalue weighted by Gasteiger charge is 2.06. The molecule has 0 spiro atoms. The van der Waals surface area contributed by atoms with Crippen molar-refractivity contribution in [2.24, 2.45) is 0 Å². The third-order valence-corrected chi connectivity index (χ3v) is 2.61. The van der Waals surface area contributed by atoms with Crippen LogP contribution in [0.25, 0.3) is 11.0 Å². The van der Waals surface area contributed by atoms with Gasteiger partial charge in [0.2, 0.25) is 0 Å². The van der Waals surface area contributed by atoms with Crippen molar-refractivity contribution in [2.75, 3.05) is 0 Å². The molecule has 1 unspecified atom stereocenters. The van der Waals surface area contributed by atoms with Crippen LogP contribution in [0, 0.1) is 0 Å². The highest BCUT2D eigenvalue weighted by atomic mass is 35.5. The Morgan fingerprint density at radius 3 is 3.00 bits per heavy atom. The molecule has 1 aromatic carbocycles. The fourth-order valence-corrected chi connectivity index (χ4v) is 1.47. The predicted molar refractivity (Wildman–Crippen MR) is 63.0 cm³/mol. The molecule has 0 radical (unpaired) electrons. The van der Waals surface area contributed by atoms with Gasteiger partial charge in [-0.1, -0.05) is 18.5 Å². The Morgan fingerprint density at radius 1 is 1.44 bits per heavy atom. The van der Waals surface area contributed by atoms with E-state index in [1.165, 1.54) is 12.3 Å². The van der Waals surface area contributed by atoms with Gasteiger partial charge in [-0.2, -0.15) is 0 Å². The Bertz CT molecular complexity index is 547. The molecule has 2 rings (SSSR count). The zero-order valence-corrected chi connectivity index (χ0v) is 9.53. The van der Waals surface area contributed by atoms with E-state index in [1.807, 2.05) is 6.92 Å². The first kappa shape index (κ1) is 11.0. The van der Waals surface area contributed by atoms with Gasteiger partial charge in [-0.3, -0.25) is 4.79 Å². The van der Waals surface area contributed by atoms with E-state index in [-0.39, 0.29) is 11.0 Å². The molecule has 0 bridgehead atoms. The second-order valence-electron chi connectivity index (χ2n) is 3.38. The third kappa shape index (κ3) is 2.19. The Labute approximate surface area is 97.6 Å². The van der Waals surface area contributed by atoms with Crippen molar-refractivity contribution in [3.8, 4) is 5.75 Å². The topological polar surface area (TPSA) is 39.4 Å². The summed E-state index contributed by atoms with van der Waals surface area (Å²) < 4.78 is 10.6. The molecule has 2 aromatic rings. The summed E-state index contributed by atoms with van der Waals surface area (Å²) in [5.41, 5.74) is 0.0741. The van der Waals surface area contributed by atoms with Crippen LogP contribution < -0.4 is 10.2 Å². The maximum absolute atomic E-state index is 11.5. The highest BCUT2D eigenvalue weighted by molar-refractivity contribution is 6.19. The molecule has 0 fully saturated rings. The normalized spacial score (nSPS) is 12.6.